The van der Waals surface area contributed by atoms with Crippen LogP contribution in [0.1, 0.15) is 11.3 Å². The Kier molecular flexibility index (Phi) is 6.45. The summed E-state index contributed by atoms with van der Waals surface area (Å²) < 4.78 is 147. The van der Waals surface area contributed by atoms with Gasteiger partial charge in [0.15, 0.2) is 0 Å². The molecule has 1 heterocycles. The number of halogens is 9. The van der Waals surface area contributed by atoms with Crippen LogP contribution in [0.5, 0.6) is 0 Å². The smallest absolute Gasteiger partial charge is 0.337 e. The minimum atomic E-state index is -7.23. The predicted octanol–water partition coefficient (Wildman–Crippen LogP) is 4.50. The number of hydrogen-bond donors (Lipinski definition) is 2. The molecule has 33 heavy (non-hydrogen) atoms. The van der Waals surface area contributed by atoms with E-state index in [2.05, 4.69) is 5.16 Å². The largest absolute Gasteiger partial charge is 0.460 e. The van der Waals surface area contributed by atoms with Crippen molar-refractivity contribution in [3.05, 3.63) is 35.5 Å². The van der Waals surface area contributed by atoms with E-state index in [4.69, 9.17) is 4.52 Å². The van der Waals surface area contributed by atoms with Gasteiger partial charge in [-0.3, -0.25) is 4.79 Å². The Morgan fingerprint density at radius 1 is 0.909 bits per heavy atom. The zero-order chi connectivity index (χ0) is 25.6. The zero-order valence-electron chi connectivity index (χ0n) is 16.2. The van der Waals surface area contributed by atoms with Crippen molar-refractivity contribution in [2.45, 2.75) is 42.7 Å². The Balaban J connectivity index is 2.23. The number of nitrogens with zero attached hydrogens (tertiary/aromatic N) is 1. The van der Waals surface area contributed by atoms with Crippen LogP contribution in [0.15, 0.2) is 33.7 Å². The maximum Gasteiger partial charge on any atom is 0.460 e. The van der Waals surface area contributed by atoms with E-state index in [1.54, 1.807) is 0 Å². The Labute approximate surface area is 179 Å². The fourth-order valence-electron chi connectivity index (χ4n) is 2.14. The van der Waals surface area contributed by atoms with Gasteiger partial charge in [-0.15, -0.1) is 0 Å². The summed E-state index contributed by atoms with van der Waals surface area (Å²) in [5.41, 5.74) is -0.114. The molecule has 1 aromatic carbocycles. The number of nitrogens with one attached hydrogen (secondary N) is 2. The van der Waals surface area contributed by atoms with Crippen molar-refractivity contribution in [2.24, 2.45) is 0 Å². The molecule has 7 nitrogen and oxygen atoms in total. The molecular formula is C16H12F9N3O4S. The topological polar surface area (TPSA) is 101 Å². The second kappa shape index (κ2) is 8.11. The molecule has 0 bridgehead atoms. The molecule has 0 aliphatic heterocycles. The first-order valence-electron chi connectivity index (χ1n) is 8.33. The molecule has 2 rings (SSSR count). The number of rotatable bonds is 7. The predicted molar refractivity (Wildman–Crippen MR) is 92.8 cm³/mol. The van der Waals surface area contributed by atoms with E-state index < -0.39 is 50.5 Å². The first-order chi connectivity index (χ1) is 14.8. The molecule has 1 aromatic heterocycles. The summed E-state index contributed by atoms with van der Waals surface area (Å²) in [4.78, 5) is 10.9. The molecule has 184 valence electrons. The van der Waals surface area contributed by atoms with Gasteiger partial charge in [-0.05, 0) is 38.1 Å². The lowest BCUT2D eigenvalue weighted by Gasteiger charge is -2.32. The van der Waals surface area contributed by atoms with Crippen LogP contribution < -0.4 is 10.0 Å². The molecule has 2 aromatic rings. The third-order valence-electron chi connectivity index (χ3n) is 4.24. The van der Waals surface area contributed by atoms with Gasteiger partial charge in [-0.1, -0.05) is 5.16 Å². The molecule has 1 amide bonds. The van der Waals surface area contributed by atoms with Crippen molar-refractivity contribution in [3.8, 4) is 0 Å². The Morgan fingerprint density at radius 3 is 1.85 bits per heavy atom. The molecule has 0 aliphatic rings. The number of aryl methyl sites for hydroxylation is 1. The zero-order valence-corrected chi connectivity index (χ0v) is 17.0. The third-order valence-corrected chi connectivity index (χ3v) is 5.58. The standard InChI is InChI=1S/C16H12F9N3O4S/c1-7-8(2)27-32-11(7)28-33(30,31)10-5-3-9(4-6-10)26-12(29)13(17,18)14(19,20)15(21,22)16(23,24)25/h3-6,28H,1-2H3,(H,26,29). The van der Waals surface area contributed by atoms with Crippen LogP contribution in [0, 0.1) is 13.8 Å². The first-order valence-corrected chi connectivity index (χ1v) is 9.81. The van der Waals surface area contributed by atoms with E-state index in [0.717, 1.165) is 5.32 Å². The lowest BCUT2D eigenvalue weighted by atomic mass is 10.0. The maximum atomic E-state index is 13.6. The van der Waals surface area contributed by atoms with Crippen molar-refractivity contribution in [3.63, 3.8) is 0 Å². The SMILES string of the molecule is Cc1noc(NS(=O)(=O)c2ccc(NC(=O)C(F)(F)C(F)(F)C(F)(F)C(F)(F)F)cc2)c1C. The van der Waals surface area contributed by atoms with E-state index in [-0.39, 0.29) is 5.88 Å². The van der Waals surface area contributed by atoms with Crippen LogP contribution in [0.3, 0.4) is 0 Å². The van der Waals surface area contributed by atoms with Crippen LogP contribution in [0.2, 0.25) is 0 Å². The summed E-state index contributed by atoms with van der Waals surface area (Å²) in [5.74, 6) is -24.3. The van der Waals surface area contributed by atoms with E-state index in [9.17, 15) is 52.7 Å². The minimum absolute atomic E-state index is 0.252. The van der Waals surface area contributed by atoms with Gasteiger partial charge in [0.05, 0.1) is 10.6 Å². The van der Waals surface area contributed by atoms with Crippen molar-refractivity contribution in [1.29, 1.82) is 0 Å². The Hall–Kier alpha value is -2.98. The third kappa shape index (κ3) is 4.58. The van der Waals surface area contributed by atoms with Gasteiger partial charge in [0, 0.05) is 11.3 Å². The summed E-state index contributed by atoms with van der Waals surface area (Å²) >= 11 is 0. The first kappa shape index (κ1) is 26.3. The molecule has 0 saturated carbocycles. The number of benzene rings is 1. The molecule has 2 N–H and O–H groups in total. The average molecular weight is 513 g/mol. The fourth-order valence-corrected chi connectivity index (χ4v) is 3.18. The molecule has 0 aliphatic carbocycles. The number of amides is 1. The molecule has 17 heteroatoms. The highest BCUT2D eigenvalue weighted by Gasteiger charge is 2.83. The molecule has 0 unspecified atom stereocenters. The number of sulfonamides is 1. The highest BCUT2D eigenvalue weighted by Crippen LogP contribution is 2.53. The highest BCUT2D eigenvalue weighted by molar-refractivity contribution is 7.92. The van der Waals surface area contributed by atoms with Crippen LogP contribution in [-0.2, 0) is 14.8 Å². The van der Waals surface area contributed by atoms with Crippen molar-refractivity contribution in [1.82, 2.24) is 5.16 Å². The van der Waals surface area contributed by atoms with Crippen LogP contribution in [0.4, 0.5) is 51.1 Å². The van der Waals surface area contributed by atoms with Crippen molar-refractivity contribution < 1.29 is 57.2 Å². The number of carbonyl (C=O) groups excluding carboxylic acids is 1. The van der Waals surface area contributed by atoms with E-state index >= 15 is 0 Å². The number of carbonyl (C=O) groups is 1. The minimum Gasteiger partial charge on any atom is -0.337 e. The lowest BCUT2D eigenvalue weighted by Crippen LogP contribution is -2.64. The van der Waals surface area contributed by atoms with Crippen LogP contribution >= 0.6 is 0 Å². The van der Waals surface area contributed by atoms with Gasteiger partial charge in [0.1, 0.15) is 0 Å². The van der Waals surface area contributed by atoms with Crippen LogP contribution in [0.25, 0.3) is 0 Å². The van der Waals surface area contributed by atoms with E-state index in [0.29, 0.717) is 35.5 Å². The summed E-state index contributed by atoms with van der Waals surface area (Å²) in [6.07, 6.45) is -7.08. The molecule has 0 atom stereocenters. The second-order valence-electron chi connectivity index (χ2n) is 6.53. The number of alkyl halides is 9. The average Bonchev–Trinajstić information content (AvgIpc) is 2.98. The van der Waals surface area contributed by atoms with Crippen LogP contribution in [-0.4, -0.2) is 43.4 Å². The molecule has 0 radical (unpaired) electrons. The Bertz CT molecular complexity index is 1140. The summed E-state index contributed by atoms with van der Waals surface area (Å²) in [7, 11) is -4.34. The normalized spacial score (nSPS) is 13.7. The summed E-state index contributed by atoms with van der Waals surface area (Å²) in [5, 5.41) is 4.55. The number of aromatic nitrogens is 1. The monoisotopic (exact) mass is 513 g/mol. The van der Waals surface area contributed by atoms with Gasteiger partial charge < -0.3 is 9.84 Å². The quantitative estimate of drug-likeness (QED) is 0.531. The summed E-state index contributed by atoms with van der Waals surface area (Å²) in [6, 6.07) is 2.58. The lowest BCUT2D eigenvalue weighted by molar-refractivity contribution is -0.388. The molecule has 0 saturated heterocycles. The van der Waals surface area contributed by atoms with E-state index in [1.165, 1.54) is 13.8 Å². The van der Waals surface area contributed by atoms with Gasteiger partial charge >= 0.3 is 29.9 Å². The molecule has 0 fully saturated rings. The highest BCUT2D eigenvalue weighted by atomic mass is 32.2. The van der Waals surface area contributed by atoms with Gasteiger partial charge in [0.25, 0.3) is 10.0 Å². The number of hydrogen-bond acceptors (Lipinski definition) is 5. The molecular weight excluding hydrogens is 501 g/mol. The number of anilines is 2. The second-order valence-corrected chi connectivity index (χ2v) is 8.21. The van der Waals surface area contributed by atoms with Crippen molar-refractivity contribution in [2.75, 3.05) is 10.0 Å². The van der Waals surface area contributed by atoms with Gasteiger partial charge in [0.2, 0.25) is 5.88 Å². The van der Waals surface area contributed by atoms with E-state index in [1.807, 2.05) is 4.72 Å². The molecule has 0 spiro atoms. The summed E-state index contributed by atoms with van der Waals surface area (Å²) in [6.45, 7) is 2.98. The fraction of sp³-hybridized carbons (Fsp3) is 0.375. The Morgan fingerprint density at radius 2 is 1.42 bits per heavy atom. The van der Waals surface area contributed by atoms with Gasteiger partial charge in [-0.25, -0.2) is 13.1 Å². The van der Waals surface area contributed by atoms with Crippen molar-refractivity contribution >= 4 is 27.5 Å². The van der Waals surface area contributed by atoms with Gasteiger partial charge in [-0.2, -0.15) is 39.5 Å². The maximum absolute atomic E-state index is 13.6.